The Bertz CT molecular complexity index is 2880. The van der Waals surface area contributed by atoms with E-state index in [0.717, 1.165) is 40.3 Å². The van der Waals surface area contributed by atoms with Gasteiger partial charge in [0.15, 0.2) is 40.7 Å². The van der Waals surface area contributed by atoms with E-state index >= 15 is 17.6 Å². The van der Waals surface area contributed by atoms with Crippen molar-refractivity contribution in [2.45, 2.75) is 63.4 Å². The number of nitrogens with one attached hydrogen (secondary N) is 1. The number of imide groups is 2. The van der Waals surface area contributed by atoms with Crippen molar-refractivity contribution >= 4 is 64.1 Å². The number of alkyl halides is 3. The van der Waals surface area contributed by atoms with Gasteiger partial charge in [-0.1, -0.05) is 6.07 Å². The molecule has 23 heteroatoms. The summed E-state index contributed by atoms with van der Waals surface area (Å²) in [6, 6.07) is 8.06. The molecule has 0 spiro atoms. The number of rotatable bonds is 9. The molecule has 67 heavy (non-hydrogen) atoms. The molecule has 6 amide bonds. The van der Waals surface area contributed by atoms with Gasteiger partial charge < -0.3 is 19.3 Å². The quantitative estimate of drug-likeness (QED) is 0.118. The Morgan fingerprint density at radius 2 is 1.64 bits per heavy atom. The van der Waals surface area contributed by atoms with E-state index in [1.807, 2.05) is 0 Å². The summed E-state index contributed by atoms with van der Waals surface area (Å²) in [5, 5.41) is 10.7. The number of pyridine rings is 1. The monoisotopic (exact) mass is 951 g/mol. The zero-order valence-corrected chi connectivity index (χ0v) is 35.6. The van der Waals surface area contributed by atoms with E-state index in [1.54, 1.807) is 0 Å². The minimum absolute atomic E-state index is 0.0398. The number of piperidine rings is 2. The van der Waals surface area contributed by atoms with Crippen LogP contribution in [0.4, 0.5) is 42.1 Å². The van der Waals surface area contributed by atoms with Crippen LogP contribution in [0.2, 0.25) is 0 Å². The summed E-state index contributed by atoms with van der Waals surface area (Å²) >= 11 is 5.38. The van der Waals surface area contributed by atoms with Crippen LogP contribution in [-0.4, -0.2) is 92.7 Å². The summed E-state index contributed by atoms with van der Waals surface area (Å²) < 4.78 is 115. The van der Waals surface area contributed by atoms with E-state index in [2.05, 4.69) is 10.3 Å². The van der Waals surface area contributed by atoms with Gasteiger partial charge in [-0.3, -0.25) is 48.9 Å². The number of amides is 6. The van der Waals surface area contributed by atoms with Crippen LogP contribution in [0.1, 0.15) is 71.4 Å². The number of hydrogen-bond acceptors (Lipinski definition) is 11. The first-order chi connectivity index (χ1) is 31.6. The molecule has 0 radical (unpaired) electrons. The first-order valence-electron chi connectivity index (χ1n) is 20.2. The number of carbonyl (C=O) groups is 6. The van der Waals surface area contributed by atoms with Gasteiger partial charge in [-0.15, -0.1) is 0 Å². The highest BCUT2D eigenvalue weighted by molar-refractivity contribution is 7.81. The third-order valence-electron chi connectivity index (χ3n) is 11.7. The summed E-state index contributed by atoms with van der Waals surface area (Å²) in [5.74, 6) is -10.8. The van der Waals surface area contributed by atoms with Crippen molar-refractivity contribution in [1.29, 1.82) is 5.26 Å². The Morgan fingerprint density at radius 1 is 0.955 bits per heavy atom. The predicted octanol–water partition coefficient (Wildman–Crippen LogP) is 5.96. The fourth-order valence-electron chi connectivity index (χ4n) is 8.35. The second-order valence-corrected chi connectivity index (χ2v) is 16.5. The topological polar surface area (TPSA) is 183 Å². The smallest absolute Gasteiger partial charge is 0.420 e. The molecule has 3 fully saturated rings. The molecule has 1 N–H and O–H groups in total. The van der Waals surface area contributed by atoms with Crippen molar-refractivity contribution in [3.8, 4) is 28.8 Å². The van der Waals surface area contributed by atoms with Crippen LogP contribution in [0.5, 0.6) is 11.5 Å². The number of anilines is 2. The molecule has 4 aromatic rings. The highest BCUT2D eigenvalue weighted by atomic mass is 32.1. The number of ether oxygens (including phenoxy) is 2. The van der Waals surface area contributed by atoms with Crippen LogP contribution in [0.15, 0.2) is 54.7 Å². The van der Waals surface area contributed by atoms with Gasteiger partial charge in [0.25, 0.3) is 23.6 Å². The Labute approximate surface area is 379 Å². The number of fused-ring (bicyclic) bond motifs is 1. The fourth-order valence-corrected chi connectivity index (χ4v) is 8.86. The highest BCUT2D eigenvalue weighted by Gasteiger charge is 2.52. The number of thiocarbonyl (C=S) groups is 1. The minimum atomic E-state index is -5.31. The molecule has 15 nitrogen and oxygen atoms in total. The van der Waals surface area contributed by atoms with Crippen LogP contribution >= 0.6 is 12.2 Å². The largest absolute Gasteiger partial charge is 0.484 e. The third kappa shape index (κ3) is 8.04. The average molecular weight is 952 g/mol. The number of halogens is 7. The molecule has 1 unspecified atom stereocenters. The van der Waals surface area contributed by atoms with E-state index in [0.29, 0.717) is 11.0 Å². The SMILES string of the molecule is CC1(C)C(=O)N(c2ccc(C#N)c(C(F)(F)F)c2F)C(=S)N1c1cnc(-c2cc(F)c(OC3CCN(C(=O)COc4cccc5c4C(=O)N(C4CCC(=O)NC4=O)C5=O)CC3)c(F)c2)c(F)c1. The summed E-state index contributed by atoms with van der Waals surface area (Å²) in [4.78, 5) is 84.9. The molecule has 1 atom stereocenters. The van der Waals surface area contributed by atoms with Crippen molar-refractivity contribution in [3.63, 3.8) is 0 Å². The van der Waals surface area contributed by atoms with Crippen molar-refractivity contribution in [2.24, 2.45) is 0 Å². The minimum Gasteiger partial charge on any atom is -0.484 e. The van der Waals surface area contributed by atoms with Crippen molar-refractivity contribution < 1.29 is 69.0 Å². The second kappa shape index (κ2) is 17.1. The van der Waals surface area contributed by atoms with Crippen LogP contribution in [0, 0.1) is 34.6 Å². The number of likely N-dealkylation sites (tertiary alicyclic amines) is 1. The molecule has 0 saturated carbocycles. The number of benzene rings is 3. The van der Waals surface area contributed by atoms with Gasteiger partial charge in [0, 0.05) is 44.0 Å². The van der Waals surface area contributed by atoms with E-state index in [1.165, 1.54) is 43.0 Å². The van der Waals surface area contributed by atoms with E-state index in [-0.39, 0.29) is 66.9 Å². The lowest BCUT2D eigenvalue weighted by molar-refractivity contribution is -0.140. The molecule has 1 aromatic heterocycles. The zero-order chi connectivity index (χ0) is 48.4. The third-order valence-corrected chi connectivity index (χ3v) is 12.0. The van der Waals surface area contributed by atoms with E-state index in [4.69, 9.17) is 27.0 Å². The maximum absolute atomic E-state index is 15.8. The molecular formula is C44H32F7N7O8S. The van der Waals surface area contributed by atoms with Gasteiger partial charge in [0.1, 0.15) is 34.7 Å². The summed E-state index contributed by atoms with van der Waals surface area (Å²) in [6.45, 7) is 2.16. The van der Waals surface area contributed by atoms with E-state index in [9.17, 15) is 41.9 Å². The van der Waals surface area contributed by atoms with Crippen molar-refractivity contribution in [1.82, 2.24) is 20.1 Å². The zero-order valence-electron chi connectivity index (χ0n) is 34.8. The van der Waals surface area contributed by atoms with Gasteiger partial charge in [-0.25, -0.2) is 17.6 Å². The number of hydrogen-bond donors (Lipinski definition) is 1. The number of aromatic nitrogens is 1. The van der Waals surface area contributed by atoms with Crippen LogP contribution in [0.3, 0.4) is 0 Å². The van der Waals surface area contributed by atoms with Gasteiger partial charge in [0.2, 0.25) is 11.8 Å². The summed E-state index contributed by atoms with van der Waals surface area (Å²) in [6.07, 6.45) is -4.98. The number of nitrogens with zero attached hydrogens (tertiary/aromatic N) is 6. The maximum Gasteiger partial charge on any atom is 0.420 e. The Balaban J connectivity index is 0.904. The van der Waals surface area contributed by atoms with Gasteiger partial charge in [0.05, 0.1) is 40.3 Å². The first kappa shape index (κ1) is 46.1. The number of nitriles is 1. The molecule has 5 heterocycles. The lowest BCUT2D eigenvalue weighted by atomic mass is 10.0. The molecule has 3 saturated heterocycles. The van der Waals surface area contributed by atoms with Gasteiger partial charge >= 0.3 is 6.18 Å². The molecule has 3 aromatic carbocycles. The fraction of sp³-hybridized carbons (Fsp3) is 0.295. The average Bonchev–Trinajstić information content (AvgIpc) is 3.62. The molecule has 0 bridgehead atoms. The molecule has 346 valence electrons. The first-order valence-corrected chi connectivity index (χ1v) is 20.6. The maximum atomic E-state index is 15.8. The molecule has 0 aliphatic carbocycles. The van der Waals surface area contributed by atoms with Gasteiger partial charge in [-0.05, 0) is 68.9 Å². The summed E-state index contributed by atoms with van der Waals surface area (Å²) in [5.41, 5.74) is -6.92. The summed E-state index contributed by atoms with van der Waals surface area (Å²) in [7, 11) is 0. The van der Waals surface area contributed by atoms with Crippen LogP contribution in [-0.2, 0) is 25.4 Å². The lowest BCUT2D eigenvalue weighted by Crippen LogP contribution is -2.54. The molecule has 4 aliphatic heterocycles. The second-order valence-electron chi connectivity index (χ2n) is 16.2. The predicted molar refractivity (Wildman–Crippen MR) is 221 cm³/mol. The Morgan fingerprint density at radius 3 is 2.27 bits per heavy atom. The molecule has 4 aliphatic rings. The van der Waals surface area contributed by atoms with Gasteiger partial charge in [-0.2, -0.15) is 18.4 Å². The van der Waals surface area contributed by atoms with Crippen molar-refractivity contribution in [2.75, 3.05) is 29.5 Å². The van der Waals surface area contributed by atoms with Crippen LogP contribution < -0.4 is 24.6 Å². The Hall–Kier alpha value is -7.48. The number of carbonyl (C=O) groups excluding carboxylic acids is 6. The molecule has 8 rings (SSSR count). The van der Waals surface area contributed by atoms with Crippen LogP contribution in [0.25, 0.3) is 11.3 Å². The highest BCUT2D eigenvalue weighted by Crippen LogP contribution is 2.43. The van der Waals surface area contributed by atoms with E-state index < -0.39 is 123 Å². The standard InChI is InChI=1S/C44H32F7N7O8S/c1-43(2)41(64)57(28-7-6-20(17-52)34(35(28)48)44(49,50)51)42(67)58(43)22-16-25(45)36(53-18-22)21-14-26(46)37(27(47)15-21)66-23-10-12-55(13-11-23)32(60)19-65-30-5-3-4-24-33(30)40(63)56(39(24)62)29-8-9-31(59)54-38(29)61/h3-7,14-16,18,23,29H,8-13,19H2,1-2H3,(H,54,59,61). The Kier molecular flexibility index (Phi) is 11.7. The molecular weight excluding hydrogens is 920 g/mol. The normalized spacial score (nSPS) is 18.7. The lowest BCUT2D eigenvalue weighted by Gasteiger charge is -2.32. The van der Waals surface area contributed by atoms with Crippen molar-refractivity contribution in [3.05, 3.63) is 100 Å².